The van der Waals surface area contributed by atoms with Gasteiger partial charge in [0.2, 0.25) is 0 Å². The summed E-state index contributed by atoms with van der Waals surface area (Å²) in [5.74, 6) is 0.421. The van der Waals surface area contributed by atoms with Crippen molar-refractivity contribution in [1.82, 2.24) is 9.88 Å². The number of hydrogen-bond donors (Lipinski definition) is 2. The van der Waals surface area contributed by atoms with Gasteiger partial charge in [0.05, 0.1) is 5.56 Å². The van der Waals surface area contributed by atoms with Crippen LogP contribution in [0.3, 0.4) is 0 Å². The van der Waals surface area contributed by atoms with Crippen molar-refractivity contribution in [2.24, 2.45) is 0 Å². The van der Waals surface area contributed by atoms with E-state index in [-0.39, 0.29) is 11.6 Å². The molecule has 0 amide bonds. The lowest BCUT2D eigenvalue weighted by atomic mass is 10.2. The molecule has 4 nitrogen and oxygen atoms in total. The second-order valence-corrected chi connectivity index (χ2v) is 4.20. The minimum Gasteiger partial charge on any atom is -0.373 e. The Balaban J connectivity index is 2.77. The number of hydrogen-bond acceptors (Lipinski definition) is 4. The first-order valence-electron chi connectivity index (χ1n) is 6.06. The molecule has 0 bridgehead atoms. The summed E-state index contributed by atoms with van der Waals surface area (Å²) in [6, 6.07) is 2.01. The number of rotatable bonds is 6. The zero-order valence-corrected chi connectivity index (χ0v) is 11.3. The van der Waals surface area contributed by atoms with Crippen LogP contribution in [0.15, 0.2) is 12.1 Å². The number of nitrogens with one attached hydrogen (secondary N) is 2. The molecule has 0 aliphatic rings. The number of anilines is 2. The van der Waals surface area contributed by atoms with Crippen molar-refractivity contribution in [3.05, 3.63) is 17.7 Å². The van der Waals surface area contributed by atoms with Gasteiger partial charge in [-0.3, -0.25) is 0 Å². The third-order valence-corrected chi connectivity index (χ3v) is 2.75. The van der Waals surface area contributed by atoms with E-state index in [1.807, 2.05) is 14.0 Å². The van der Waals surface area contributed by atoms with Crippen molar-refractivity contribution < 1.29 is 13.2 Å². The quantitative estimate of drug-likeness (QED) is 0.837. The van der Waals surface area contributed by atoms with Gasteiger partial charge in [-0.15, -0.1) is 0 Å². The van der Waals surface area contributed by atoms with Gasteiger partial charge in [-0.05, 0) is 25.7 Å². The van der Waals surface area contributed by atoms with Gasteiger partial charge in [0, 0.05) is 20.1 Å². The Morgan fingerprint density at radius 3 is 2.42 bits per heavy atom. The maximum Gasteiger partial charge on any atom is 0.416 e. The van der Waals surface area contributed by atoms with Crippen LogP contribution in [0.5, 0.6) is 0 Å². The maximum absolute atomic E-state index is 12.7. The van der Waals surface area contributed by atoms with E-state index in [0.717, 1.165) is 25.2 Å². The summed E-state index contributed by atoms with van der Waals surface area (Å²) >= 11 is 0. The first kappa shape index (κ1) is 15.6. The summed E-state index contributed by atoms with van der Waals surface area (Å²) < 4.78 is 38.1. The van der Waals surface area contributed by atoms with E-state index in [4.69, 9.17) is 0 Å². The Bertz CT molecular complexity index is 406. The Morgan fingerprint density at radius 1 is 1.26 bits per heavy atom. The molecule has 0 radical (unpaired) electrons. The predicted octanol–water partition coefficient (Wildman–Crippen LogP) is 2.51. The van der Waals surface area contributed by atoms with Crippen LogP contribution in [0.25, 0.3) is 0 Å². The highest BCUT2D eigenvalue weighted by atomic mass is 19.4. The van der Waals surface area contributed by atoms with Crippen LogP contribution in [-0.2, 0) is 6.18 Å². The molecule has 7 heteroatoms. The fourth-order valence-corrected chi connectivity index (χ4v) is 1.45. The molecule has 1 aromatic heterocycles. The fraction of sp³-hybridized carbons (Fsp3) is 0.583. The molecule has 0 saturated heterocycles. The normalized spacial score (nSPS) is 11.7. The van der Waals surface area contributed by atoms with Gasteiger partial charge in [0.25, 0.3) is 0 Å². The monoisotopic (exact) mass is 276 g/mol. The van der Waals surface area contributed by atoms with Crippen molar-refractivity contribution in [3.63, 3.8) is 0 Å². The Kier molecular flexibility index (Phi) is 5.41. The Hall–Kier alpha value is -1.50. The summed E-state index contributed by atoms with van der Waals surface area (Å²) in [6.07, 6.45) is -4.37. The van der Waals surface area contributed by atoms with E-state index in [2.05, 4.69) is 20.5 Å². The minimum absolute atomic E-state index is 0.196. The first-order chi connectivity index (χ1) is 8.86. The van der Waals surface area contributed by atoms with Gasteiger partial charge < -0.3 is 15.5 Å². The average Bonchev–Trinajstić information content (AvgIpc) is 2.37. The van der Waals surface area contributed by atoms with E-state index in [1.54, 1.807) is 0 Å². The van der Waals surface area contributed by atoms with E-state index in [9.17, 15) is 13.2 Å². The maximum atomic E-state index is 12.7. The van der Waals surface area contributed by atoms with Crippen LogP contribution in [0.4, 0.5) is 24.8 Å². The molecule has 0 fully saturated rings. The number of nitrogens with zero attached hydrogens (tertiary/aromatic N) is 2. The molecular formula is C12H19F3N4. The van der Waals surface area contributed by atoms with Crippen molar-refractivity contribution in [2.75, 3.05) is 44.4 Å². The van der Waals surface area contributed by atoms with Gasteiger partial charge in [0.15, 0.2) is 0 Å². The smallest absolute Gasteiger partial charge is 0.373 e. The highest BCUT2D eigenvalue weighted by Gasteiger charge is 2.31. The number of likely N-dealkylation sites (N-methyl/N-ethyl adjacent to an activating group) is 1. The lowest BCUT2D eigenvalue weighted by Crippen LogP contribution is -2.25. The van der Waals surface area contributed by atoms with Crippen LogP contribution >= 0.6 is 0 Å². The lowest BCUT2D eigenvalue weighted by molar-refractivity contribution is -0.137. The molecule has 0 spiro atoms. The Labute approximate surface area is 111 Å². The van der Waals surface area contributed by atoms with Crippen LogP contribution < -0.4 is 10.6 Å². The van der Waals surface area contributed by atoms with Gasteiger partial charge >= 0.3 is 6.18 Å². The van der Waals surface area contributed by atoms with E-state index in [1.165, 1.54) is 7.05 Å². The summed E-state index contributed by atoms with van der Waals surface area (Å²) in [4.78, 5) is 6.10. The van der Waals surface area contributed by atoms with Gasteiger partial charge in [0.1, 0.15) is 11.6 Å². The van der Waals surface area contributed by atoms with Gasteiger partial charge in [-0.2, -0.15) is 13.2 Å². The summed E-state index contributed by atoms with van der Waals surface area (Å²) in [6.45, 7) is 4.19. The first-order valence-corrected chi connectivity index (χ1v) is 6.06. The van der Waals surface area contributed by atoms with Crippen LogP contribution in [0, 0.1) is 0 Å². The van der Waals surface area contributed by atoms with Crippen molar-refractivity contribution in [1.29, 1.82) is 0 Å². The topological polar surface area (TPSA) is 40.2 Å². The lowest BCUT2D eigenvalue weighted by Gasteiger charge is -2.16. The highest BCUT2D eigenvalue weighted by Crippen LogP contribution is 2.31. The standard InChI is InChI=1S/C12H19F3N4/c1-4-19(3)6-5-17-11-8-9(12(13,14)15)7-10(16-2)18-11/h7-8H,4-6H2,1-3H3,(H2,16,17,18). The Morgan fingerprint density at radius 2 is 1.89 bits per heavy atom. The van der Waals surface area contributed by atoms with Crippen molar-refractivity contribution in [3.8, 4) is 0 Å². The molecule has 0 atom stereocenters. The molecule has 0 unspecified atom stereocenters. The molecule has 0 aliphatic heterocycles. The average molecular weight is 276 g/mol. The summed E-state index contributed by atoms with van der Waals surface area (Å²) in [5.41, 5.74) is -0.710. The largest absolute Gasteiger partial charge is 0.416 e. The van der Waals surface area contributed by atoms with E-state index < -0.39 is 11.7 Å². The summed E-state index contributed by atoms with van der Waals surface area (Å²) in [7, 11) is 3.48. The number of aromatic nitrogens is 1. The van der Waals surface area contributed by atoms with Crippen molar-refractivity contribution in [2.45, 2.75) is 13.1 Å². The van der Waals surface area contributed by atoms with E-state index in [0.29, 0.717) is 6.54 Å². The zero-order valence-electron chi connectivity index (χ0n) is 11.3. The highest BCUT2D eigenvalue weighted by molar-refractivity contribution is 5.49. The molecule has 0 saturated carbocycles. The van der Waals surface area contributed by atoms with E-state index >= 15 is 0 Å². The summed E-state index contributed by atoms with van der Waals surface area (Å²) in [5, 5.41) is 5.53. The number of halogens is 3. The molecule has 1 rings (SSSR count). The van der Waals surface area contributed by atoms with Crippen LogP contribution in [-0.4, -0.2) is 43.6 Å². The zero-order chi connectivity index (χ0) is 14.5. The molecule has 0 aliphatic carbocycles. The predicted molar refractivity (Wildman–Crippen MR) is 70.4 cm³/mol. The van der Waals surface area contributed by atoms with Crippen LogP contribution in [0.1, 0.15) is 12.5 Å². The molecule has 0 aromatic carbocycles. The molecule has 1 heterocycles. The fourth-order valence-electron chi connectivity index (χ4n) is 1.45. The van der Waals surface area contributed by atoms with Crippen molar-refractivity contribution >= 4 is 11.6 Å². The molecule has 108 valence electrons. The third-order valence-electron chi connectivity index (χ3n) is 2.75. The number of alkyl halides is 3. The molecule has 2 N–H and O–H groups in total. The molecule has 1 aromatic rings. The number of pyridine rings is 1. The third kappa shape index (κ3) is 4.94. The van der Waals surface area contributed by atoms with Crippen LogP contribution in [0.2, 0.25) is 0 Å². The molecule has 19 heavy (non-hydrogen) atoms. The van der Waals surface area contributed by atoms with Gasteiger partial charge in [-0.25, -0.2) is 4.98 Å². The second-order valence-electron chi connectivity index (χ2n) is 4.20. The second kappa shape index (κ2) is 6.60. The molecular weight excluding hydrogens is 257 g/mol. The van der Waals surface area contributed by atoms with Gasteiger partial charge in [-0.1, -0.05) is 6.92 Å². The SMILES string of the molecule is CCN(C)CCNc1cc(C(F)(F)F)cc(NC)n1. The minimum atomic E-state index is -4.37.